The highest BCUT2D eigenvalue weighted by Crippen LogP contribution is 1.98. The molecule has 0 radical (unpaired) electrons. The van der Waals surface area contributed by atoms with Crippen LogP contribution in [0.3, 0.4) is 0 Å². The van der Waals surface area contributed by atoms with Crippen LogP contribution in [0.25, 0.3) is 0 Å². The maximum Gasteiger partial charge on any atom is 0.315 e. The fraction of sp³-hybridized carbons (Fsp3) is 0.600. The molecule has 0 fully saturated rings. The second-order valence-corrected chi connectivity index (χ2v) is 3.72. The zero-order valence-corrected chi connectivity index (χ0v) is 9.17. The second-order valence-electron chi connectivity index (χ2n) is 3.72. The normalized spacial score (nSPS) is 11.6. The SMILES string of the molecule is C=C(C)CNC(=O)NCC(C)CC(=O)O. The third kappa shape index (κ3) is 8.80. The summed E-state index contributed by atoms with van der Waals surface area (Å²) >= 11 is 0. The van der Waals surface area contributed by atoms with Gasteiger partial charge in [0.25, 0.3) is 0 Å². The van der Waals surface area contributed by atoms with Crippen molar-refractivity contribution in [2.45, 2.75) is 20.3 Å². The number of hydrogen-bond donors (Lipinski definition) is 3. The molecule has 0 rings (SSSR count). The van der Waals surface area contributed by atoms with Crippen molar-refractivity contribution in [2.24, 2.45) is 5.92 Å². The summed E-state index contributed by atoms with van der Waals surface area (Å²) < 4.78 is 0. The molecule has 0 aromatic rings. The Bertz CT molecular complexity index is 251. The van der Waals surface area contributed by atoms with Crippen LogP contribution in [-0.2, 0) is 4.79 Å². The van der Waals surface area contributed by atoms with Gasteiger partial charge in [-0.15, -0.1) is 0 Å². The highest BCUT2D eigenvalue weighted by molar-refractivity contribution is 5.74. The van der Waals surface area contributed by atoms with E-state index in [-0.39, 0.29) is 18.4 Å². The molecular weight excluding hydrogens is 196 g/mol. The maximum atomic E-state index is 11.1. The molecule has 1 atom stereocenters. The molecule has 0 aromatic carbocycles. The van der Waals surface area contributed by atoms with Crippen molar-refractivity contribution in [3.8, 4) is 0 Å². The van der Waals surface area contributed by atoms with E-state index in [4.69, 9.17) is 5.11 Å². The Labute approximate surface area is 89.6 Å². The fourth-order valence-corrected chi connectivity index (χ4v) is 0.931. The fourth-order valence-electron chi connectivity index (χ4n) is 0.931. The third-order valence-electron chi connectivity index (χ3n) is 1.68. The van der Waals surface area contributed by atoms with Crippen LogP contribution in [-0.4, -0.2) is 30.2 Å². The monoisotopic (exact) mass is 214 g/mol. The first-order chi connectivity index (χ1) is 6.91. The zero-order chi connectivity index (χ0) is 11.8. The molecule has 0 aliphatic heterocycles. The van der Waals surface area contributed by atoms with Crippen LogP contribution in [0.2, 0.25) is 0 Å². The molecule has 0 aromatic heterocycles. The summed E-state index contributed by atoms with van der Waals surface area (Å²) in [6.45, 7) is 8.01. The number of amides is 2. The first-order valence-corrected chi connectivity index (χ1v) is 4.79. The summed E-state index contributed by atoms with van der Waals surface area (Å²) in [6, 6.07) is -0.296. The number of hydrogen-bond acceptors (Lipinski definition) is 2. The van der Waals surface area contributed by atoms with E-state index < -0.39 is 5.97 Å². The van der Waals surface area contributed by atoms with Crippen molar-refractivity contribution in [2.75, 3.05) is 13.1 Å². The molecule has 0 aliphatic carbocycles. The number of aliphatic carboxylic acids is 1. The predicted molar refractivity (Wildman–Crippen MR) is 57.6 cm³/mol. The van der Waals surface area contributed by atoms with Crippen molar-refractivity contribution in [3.05, 3.63) is 12.2 Å². The Hall–Kier alpha value is -1.52. The van der Waals surface area contributed by atoms with Crippen LogP contribution in [0, 0.1) is 5.92 Å². The summed E-state index contributed by atoms with van der Waals surface area (Å²) in [4.78, 5) is 21.5. The lowest BCUT2D eigenvalue weighted by Crippen LogP contribution is -2.38. The smallest absolute Gasteiger partial charge is 0.315 e. The van der Waals surface area contributed by atoms with Gasteiger partial charge in [0.05, 0.1) is 0 Å². The molecule has 3 N–H and O–H groups in total. The van der Waals surface area contributed by atoms with Crippen molar-refractivity contribution < 1.29 is 14.7 Å². The van der Waals surface area contributed by atoms with E-state index in [9.17, 15) is 9.59 Å². The Balaban J connectivity index is 3.61. The van der Waals surface area contributed by atoms with Crippen molar-refractivity contribution >= 4 is 12.0 Å². The minimum Gasteiger partial charge on any atom is -0.481 e. The Morgan fingerprint density at radius 3 is 2.47 bits per heavy atom. The first kappa shape index (κ1) is 13.5. The van der Waals surface area contributed by atoms with Crippen LogP contribution < -0.4 is 10.6 Å². The quantitative estimate of drug-likeness (QED) is 0.576. The van der Waals surface area contributed by atoms with Gasteiger partial charge in [-0.2, -0.15) is 0 Å². The van der Waals surface area contributed by atoms with Gasteiger partial charge in [0.2, 0.25) is 0 Å². The molecule has 5 heteroatoms. The van der Waals surface area contributed by atoms with Crippen LogP contribution >= 0.6 is 0 Å². The van der Waals surface area contributed by atoms with Gasteiger partial charge < -0.3 is 15.7 Å². The van der Waals surface area contributed by atoms with Gasteiger partial charge in [-0.3, -0.25) is 4.79 Å². The number of carbonyl (C=O) groups excluding carboxylic acids is 1. The number of carboxylic acids is 1. The minimum atomic E-state index is -0.855. The first-order valence-electron chi connectivity index (χ1n) is 4.79. The molecule has 0 heterocycles. The molecule has 5 nitrogen and oxygen atoms in total. The second kappa shape index (κ2) is 6.86. The number of carbonyl (C=O) groups is 2. The summed E-state index contributed by atoms with van der Waals surface area (Å²) in [6.07, 6.45) is 0.0563. The van der Waals surface area contributed by atoms with E-state index in [2.05, 4.69) is 17.2 Å². The maximum absolute atomic E-state index is 11.1. The van der Waals surface area contributed by atoms with Crippen molar-refractivity contribution in [1.29, 1.82) is 0 Å². The molecule has 0 bridgehead atoms. The van der Waals surface area contributed by atoms with Crippen molar-refractivity contribution in [1.82, 2.24) is 10.6 Å². The average molecular weight is 214 g/mol. The Morgan fingerprint density at radius 1 is 1.40 bits per heavy atom. The lowest BCUT2D eigenvalue weighted by atomic mass is 10.1. The highest BCUT2D eigenvalue weighted by Gasteiger charge is 2.08. The van der Waals surface area contributed by atoms with E-state index in [1.165, 1.54) is 0 Å². The molecule has 0 saturated carbocycles. The van der Waals surface area contributed by atoms with Gasteiger partial charge in [-0.05, 0) is 12.8 Å². The number of carboxylic acid groups (broad SMARTS) is 1. The molecule has 15 heavy (non-hydrogen) atoms. The lowest BCUT2D eigenvalue weighted by Gasteiger charge is -2.11. The highest BCUT2D eigenvalue weighted by atomic mass is 16.4. The molecule has 1 unspecified atom stereocenters. The minimum absolute atomic E-state index is 0.0563. The van der Waals surface area contributed by atoms with E-state index in [1.54, 1.807) is 6.92 Å². The Morgan fingerprint density at radius 2 is 2.00 bits per heavy atom. The van der Waals surface area contributed by atoms with E-state index in [0.717, 1.165) is 5.57 Å². The van der Waals surface area contributed by atoms with Crippen molar-refractivity contribution in [3.63, 3.8) is 0 Å². The molecule has 0 spiro atoms. The number of urea groups is 1. The topological polar surface area (TPSA) is 78.4 Å². The molecule has 0 saturated heterocycles. The summed E-state index contributed by atoms with van der Waals surface area (Å²) in [7, 11) is 0. The van der Waals surface area contributed by atoms with Gasteiger partial charge in [-0.25, -0.2) is 4.79 Å². The predicted octanol–water partition coefficient (Wildman–Crippen LogP) is 0.972. The third-order valence-corrected chi connectivity index (χ3v) is 1.68. The van der Waals surface area contributed by atoms with E-state index in [0.29, 0.717) is 13.1 Å². The molecule has 86 valence electrons. The van der Waals surface area contributed by atoms with Crippen LogP contribution in [0.1, 0.15) is 20.3 Å². The lowest BCUT2D eigenvalue weighted by molar-refractivity contribution is -0.137. The molecule has 0 aliphatic rings. The average Bonchev–Trinajstić information content (AvgIpc) is 2.10. The number of rotatable bonds is 6. The molecule has 2 amide bonds. The van der Waals surface area contributed by atoms with Gasteiger partial charge in [0.15, 0.2) is 0 Å². The van der Waals surface area contributed by atoms with Gasteiger partial charge in [-0.1, -0.05) is 19.1 Å². The van der Waals surface area contributed by atoms with Crippen LogP contribution in [0.15, 0.2) is 12.2 Å². The largest absolute Gasteiger partial charge is 0.481 e. The van der Waals surface area contributed by atoms with Gasteiger partial charge in [0, 0.05) is 19.5 Å². The van der Waals surface area contributed by atoms with Gasteiger partial charge >= 0.3 is 12.0 Å². The van der Waals surface area contributed by atoms with Gasteiger partial charge in [0.1, 0.15) is 0 Å². The van der Waals surface area contributed by atoms with E-state index in [1.807, 2.05) is 6.92 Å². The molecular formula is C10H18N2O3. The van der Waals surface area contributed by atoms with Crippen LogP contribution in [0.4, 0.5) is 4.79 Å². The summed E-state index contributed by atoms with van der Waals surface area (Å²) in [5, 5.41) is 13.7. The Kier molecular flexibility index (Phi) is 6.17. The number of nitrogens with one attached hydrogen (secondary N) is 2. The van der Waals surface area contributed by atoms with E-state index >= 15 is 0 Å². The standard InChI is InChI=1S/C10H18N2O3/c1-7(2)5-11-10(15)12-6-8(3)4-9(13)14/h8H,1,4-6H2,2-3H3,(H,13,14)(H2,11,12,15). The summed E-state index contributed by atoms with van der Waals surface area (Å²) in [5.41, 5.74) is 0.865. The van der Waals surface area contributed by atoms with Crippen LogP contribution in [0.5, 0.6) is 0 Å². The summed E-state index contributed by atoms with van der Waals surface area (Å²) in [5.74, 6) is -0.926. The zero-order valence-electron chi connectivity index (χ0n) is 9.17.